The van der Waals surface area contributed by atoms with Gasteiger partial charge < -0.3 is 14.2 Å². The minimum Gasteiger partial charge on any atom is -0.378 e. The highest BCUT2D eigenvalue weighted by molar-refractivity contribution is 9.10. The monoisotopic (exact) mass is 495 g/mol. The van der Waals surface area contributed by atoms with Crippen molar-refractivity contribution in [1.29, 1.82) is 0 Å². The molecule has 2 aromatic carbocycles. The van der Waals surface area contributed by atoms with Crippen LogP contribution in [-0.2, 0) is 17.6 Å². The van der Waals surface area contributed by atoms with Crippen LogP contribution in [-0.4, -0.2) is 47.3 Å². The Kier molecular flexibility index (Phi) is 6.17. The van der Waals surface area contributed by atoms with Crippen molar-refractivity contribution in [3.05, 3.63) is 63.4 Å². The van der Waals surface area contributed by atoms with Crippen LogP contribution in [0, 0.1) is 12.8 Å². The molecule has 2 aliphatic rings. The lowest BCUT2D eigenvalue weighted by molar-refractivity contribution is -0.00966. The summed E-state index contributed by atoms with van der Waals surface area (Å²) in [5.74, 6) is 2.27. The molecule has 1 fully saturated rings. The summed E-state index contributed by atoms with van der Waals surface area (Å²) in [6.45, 7) is 9.89. The first-order valence-corrected chi connectivity index (χ1v) is 12.7. The van der Waals surface area contributed by atoms with Gasteiger partial charge in [-0.25, -0.2) is 4.98 Å². The molecule has 0 spiro atoms. The van der Waals surface area contributed by atoms with Crippen molar-refractivity contribution in [2.24, 2.45) is 5.92 Å². The van der Waals surface area contributed by atoms with E-state index >= 15 is 0 Å². The molecule has 3 aromatic rings. The van der Waals surface area contributed by atoms with Crippen molar-refractivity contribution in [3.63, 3.8) is 0 Å². The van der Waals surface area contributed by atoms with Crippen molar-refractivity contribution < 1.29 is 4.74 Å². The number of benzene rings is 2. The number of hydrogen-bond donors (Lipinski definition) is 0. The summed E-state index contributed by atoms with van der Waals surface area (Å²) < 4.78 is 9.80. The summed E-state index contributed by atoms with van der Waals surface area (Å²) in [4.78, 5) is 7.67. The van der Waals surface area contributed by atoms with Crippen molar-refractivity contribution in [2.45, 2.75) is 58.1 Å². The minimum absolute atomic E-state index is 0.179. The van der Waals surface area contributed by atoms with Crippen LogP contribution in [0.1, 0.15) is 54.7 Å². The fourth-order valence-corrected chi connectivity index (χ4v) is 6.22. The van der Waals surface area contributed by atoms with Crippen molar-refractivity contribution in [2.75, 3.05) is 26.7 Å². The molecule has 5 rings (SSSR count). The van der Waals surface area contributed by atoms with Crippen LogP contribution >= 0.6 is 15.9 Å². The lowest BCUT2D eigenvalue weighted by atomic mass is 9.97. The Labute approximate surface area is 200 Å². The number of imidazole rings is 1. The zero-order chi connectivity index (χ0) is 22.4. The third-order valence-electron chi connectivity index (χ3n) is 7.33. The lowest BCUT2D eigenvalue weighted by Gasteiger charge is -2.40. The molecule has 0 unspecified atom stereocenters. The van der Waals surface area contributed by atoms with Gasteiger partial charge in [0.2, 0.25) is 0 Å². The number of nitrogens with zero attached hydrogens (tertiary/aromatic N) is 3. The Morgan fingerprint density at radius 2 is 1.94 bits per heavy atom. The average molecular weight is 496 g/mol. The van der Waals surface area contributed by atoms with Crippen LogP contribution in [0.4, 0.5) is 0 Å². The van der Waals surface area contributed by atoms with Gasteiger partial charge in [-0.05, 0) is 73.1 Å². The van der Waals surface area contributed by atoms with Gasteiger partial charge in [0.1, 0.15) is 5.82 Å². The Morgan fingerprint density at radius 3 is 2.72 bits per heavy atom. The van der Waals surface area contributed by atoms with E-state index in [-0.39, 0.29) is 6.10 Å². The Balaban J connectivity index is 1.34. The molecule has 170 valence electrons. The van der Waals surface area contributed by atoms with Gasteiger partial charge in [0.25, 0.3) is 0 Å². The van der Waals surface area contributed by atoms with E-state index in [1.165, 1.54) is 45.3 Å². The van der Waals surface area contributed by atoms with E-state index in [1.807, 2.05) is 7.11 Å². The number of aromatic nitrogens is 2. The number of methoxy groups -OCH3 is 1. The van der Waals surface area contributed by atoms with E-state index in [9.17, 15) is 0 Å². The second kappa shape index (κ2) is 8.92. The number of likely N-dealkylation sites (tertiary alicyclic amines) is 1. The number of piperidine rings is 1. The van der Waals surface area contributed by atoms with E-state index in [0.717, 1.165) is 31.6 Å². The molecular formula is C27H34BrN3O. The zero-order valence-corrected chi connectivity index (χ0v) is 21.2. The summed E-state index contributed by atoms with van der Waals surface area (Å²) in [7, 11) is 1.88. The molecule has 0 radical (unpaired) electrons. The molecule has 4 nitrogen and oxygen atoms in total. The van der Waals surface area contributed by atoms with Crippen LogP contribution in [0.2, 0.25) is 0 Å². The van der Waals surface area contributed by atoms with Crippen molar-refractivity contribution in [3.8, 4) is 0 Å². The van der Waals surface area contributed by atoms with Gasteiger partial charge in [0.15, 0.2) is 0 Å². The molecule has 1 aliphatic heterocycles. The van der Waals surface area contributed by atoms with Gasteiger partial charge in [-0.15, -0.1) is 0 Å². The summed E-state index contributed by atoms with van der Waals surface area (Å²) in [5.41, 5.74) is 6.67. The third-order valence-corrected chi connectivity index (χ3v) is 7.83. The zero-order valence-electron chi connectivity index (χ0n) is 19.6. The Bertz CT molecular complexity index is 1120. The predicted molar refractivity (Wildman–Crippen MR) is 134 cm³/mol. The molecule has 0 amide bonds. The van der Waals surface area contributed by atoms with Crippen LogP contribution < -0.4 is 0 Å². The standard InChI is InChI=1S/C27H34BrN3O/c1-17(2)27-29-23-11-18(3)5-8-24(23)31(27)25-9-10-30(16-26(25)32-4)15-19-12-20-6-7-22(28)14-21(20)13-19/h5-8,11,14,17,19,25-26H,9-10,12-13,15-16H2,1-4H3/t19-,25-,26-/m0/s1. The molecule has 0 saturated carbocycles. The molecule has 5 heteroatoms. The van der Waals surface area contributed by atoms with E-state index < -0.39 is 0 Å². The number of rotatable bonds is 5. The Hall–Kier alpha value is -1.69. The third kappa shape index (κ3) is 4.15. The maximum Gasteiger partial charge on any atom is 0.112 e. The van der Waals surface area contributed by atoms with E-state index in [1.54, 1.807) is 0 Å². The van der Waals surface area contributed by atoms with Gasteiger partial charge >= 0.3 is 0 Å². The maximum atomic E-state index is 6.11. The minimum atomic E-state index is 0.179. The van der Waals surface area contributed by atoms with E-state index in [2.05, 4.69) is 82.6 Å². The molecule has 3 atom stereocenters. The normalized spacial score (nSPS) is 23.9. The molecule has 32 heavy (non-hydrogen) atoms. The summed E-state index contributed by atoms with van der Waals surface area (Å²) in [6, 6.07) is 13.8. The van der Waals surface area contributed by atoms with Crippen LogP contribution in [0.5, 0.6) is 0 Å². The SMILES string of the molecule is CO[C@H]1CN(C[C@H]2Cc3ccc(Br)cc3C2)CC[C@@H]1n1c(C(C)C)nc2cc(C)ccc21. The number of aryl methyl sites for hydroxylation is 1. The second-order valence-electron chi connectivity index (χ2n) is 10.1. The molecule has 0 bridgehead atoms. The fraction of sp³-hybridized carbons (Fsp3) is 0.519. The number of hydrogen-bond acceptors (Lipinski definition) is 3. The lowest BCUT2D eigenvalue weighted by Crippen LogP contribution is -2.47. The maximum absolute atomic E-state index is 6.11. The summed E-state index contributed by atoms with van der Waals surface area (Å²) >= 11 is 3.63. The van der Waals surface area contributed by atoms with Crippen molar-refractivity contribution in [1.82, 2.24) is 14.5 Å². The molecular weight excluding hydrogens is 462 g/mol. The first kappa shape index (κ1) is 22.1. The van der Waals surface area contributed by atoms with Gasteiger partial charge in [-0.2, -0.15) is 0 Å². The number of fused-ring (bicyclic) bond motifs is 2. The van der Waals surface area contributed by atoms with Gasteiger partial charge in [0, 0.05) is 37.1 Å². The highest BCUT2D eigenvalue weighted by Gasteiger charge is 2.35. The van der Waals surface area contributed by atoms with Crippen LogP contribution in [0.25, 0.3) is 11.0 Å². The molecule has 0 N–H and O–H groups in total. The summed E-state index contributed by atoms with van der Waals surface area (Å²) in [6.07, 6.45) is 3.67. The van der Waals surface area contributed by atoms with E-state index in [4.69, 9.17) is 9.72 Å². The van der Waals surface area contributed by atoms with Crippen LogP contribution in [0.3, 0.4) is 0 Å². The Morgan fingerprint density at radius 1 is 1.12 bits per heavy atom. The van der Waals surface area contributed by atoms with Crippen molar-refractivity contribution >= 4 is 27.0 Å². The van der Waals surface area contributed by atoms with Gasteiger partial charge in [-0.1, -0.05) is 41.9 Å². The second-order valence-corrected chi connectivity index (χ2v) is 11.0. The molecule has 1 aliphatic carbocycles. The first-order valence-electron chi connectivity index (χ1n) is 11.9. The van der Waals surface area contributed by atoms with Crippen LogP contribution in [0.15, 0.2) is 40.9 Å². The first-order chi connectivity index (χ1) is 15.4. The quantitative estimate of drug-likeness (QED) is 0.440. The number of halogens is 1. The van der Waals surface area contributed by atoms with Gasteiger partial charge in [-0.3, -0.25) is 0 Å². The molecule has 2 heterocycles. The fourth-order valence-electron chi connectivity index (χ4n) is 5.82. The average Bonchev–Trinajstić information content (AvgIpc) is 3.33. The van der Waals surface area contributed by atoms with E-state index in [0.29, 0.717) is 17.9 Å². The predicted octanol–water partition coefficient (Wildman–Crippen LogP) is 5.91. The summed E-state index contributed by atoms with van der Waals surface area (Å²) in [5, 5.41) is 0. The smallest absolute Gasteiger partial charge is 0.112 e. The molecule has 1 aromatic heterocycles. The van der Waals surface area contributed by atoms with Gasteiger partial charge in [0.05, 0.1) is 23.2 Å². The highest BCUT2D eigenvalue weighted by Crippen LogP contribution is 2.35. The molecule has 1 saturated heterocycles. The largest absolute Gasteiger partial charge is 0.378 e. The topological polar surface area (TPSA) is 30.3 Å². The number of ether oxygens (including phenoxy) is 1. The highest BCUT2D eigenvalue weighted by atomic mass is 79.9.